The van der Waals surface area contributed by atoms with Crippen molar-refractivity contribution in [1.29, 1.82) is 0 Å². The van der Waals surface area contributed by atoms with Crippen molar-refractivity contribution in [1.82, 2.24) is 10.3 Å². The molecule has 0 saturated heterocycles. The van der Waals surface area contributed by atoms with Gasteiger partial charge in [-0.05, 0) is 57.7 Å². The predicted molar refractivity (Wildman–Crippen MR) is 127 cm³/mol. The zero-order valence-corrected chi connectivity index (χ0v) is 18.7. The Morgan fingerprint density at radius 1 is 1.03 bits per heavy atom. The molecule has 0 bridgehead atoms. The normalized spacial score (nSPS) is 11.7. The number of H-pyrrole nitrogens is 1. The summed E-state index contributed by atoms with van der Waals surface area (Å²) < 4.78 is 11.5. The van der Waals surface area contributed by atoms with E-state index in [-0.39, 0.29) is 5.43 Å². The van der Waals surface area contributed by atoms with Crippen LogP contribution in [-0.2, 0) is 11.2 Å². The first-order valence-corrected chi connectivity index (χ1v) is 10.9. The average molecular weight is 433 g/mol. The zero-order chi connectivity index (χ0) is 22.7. The first-order valence-electron chi connectivity index (χ1n) is 10.9. The van der Waals surface area contributed by atoms with Crippen molar-refractivity contribution in [2.75, 3.05) is 6.54 Å². The van der Waals surface area contributed by atoms with E-state index in [1.54, 1.807) is 6.07 Å². The van der Waals surface area contributed by atoms with E-state index in [1.807, 2.05) is 69.3 Å². The van der Waals surface area contributed by atoms with E-state index in [0.717, 1.165) is 29.8 Å². The summed E-state index contributed by atoms with van der Waals surface area (Å²) in [6.45, 7) is 6.03. The van der Waals surface area contributed by atoms with Crippen molar-refractivity contribution in [2.45, 2.75) is 45.6 Å². The molecule has 2 aromatic carbocycles. The molecule has 166 valence electrons. The number of carbonyl (C=O) groups excluding carboxylic acids is 1. The van der Waals surface area contributed by atoms with E-state index >= 15 is 0 Å². The monoisotopic (exact) mass is 432 g/mol. The number of carbonyl (C=O) groups is 1. The van der Waals surface area contributed by atoms with Crippen molar-refractivity contribution < 1.29 is 13.9 Å². The number of alkyl carbamates (subject to hydrolysis) is 1. The molecule has 4 rings (SSSR count). The fourth-order valence-electron chi connectivity index (χ4n) is 3.78. The van der Waals surface area contributed by atoms with Crippen LogP contribution in [0.5, 0.6) is 0 Å². The van der Waals surface area contributed by atoms with Crippen LogP contribution < -0.4 is 10.7 Å². The molecule has 0 aliphatic heterocycles. The highest BCUT2D eigenvalue weighted by molar-refractivity contribution is 5.99. The number of aromatic nitrogens is 1. The van der Waals surface area contributed by atoms with E-state index in [0.29, 0.717) is 34.9 Å². The molecule has 0 fully saturated rings. The van der Waals surface area contributed by atoms with Gasteiger partial charge in [0.15, 0.2) is 5.58 Å². The van der Waals surface area contributed by atoms with E-state index in [1.165, 1.54) is 0 Å². The van der Waals surface area contributed by atoms with Crippen LogP contribution in [0, 0.1) is 0 Å². The molecule has 0 spiro atoms. The average Bonchev–Trinajstić information content (AvgIpc) is 3.12. The molecule has 2 N–H and O–H groups in total. The van der Waals surface area contributed by atoms with Gasteiger partial charge in [0.2, 0.25) is 5.43 Å². The van der Waals surface area contributed by atoms with Gasteiger partial charge in [-0.3, -0.25) is 4.79 Å². The first-order chi connectivity index (χ1) is 15.3. The number of ether oxygens (including phenoxy) is 1. The van der Waals surface area contributed by atoms with E-state index in [9.17, 15) is 9.59 Å². The minimum atomic E-state index is -0.512. The molecular formula is C26H28N2O4. The summed E-state index contributed by atoms with van der Waals surface area (Å²) in [7, 11) is 0. The standard InChI is InChI=1S/C26H28N2O4/c1-26(2,3)32-25(30)27-16-10-9-14-19-24-21(22(28-19)17-11-5-4-6-12-17)23(29)18-13-7-8-15-20(18)31-24/h4-8,11-13,15,28H,9-10,14,16H2,1-3H3,(H,27,30). The van der Waals surface area contributed by atoms with Crippen LogP contribution in [-0.4, -0.2) is 23.2 Å². The number of hydrogen-bond donors (Lipinski definition) is 2. The van der Waals surface area contributed by atoms with Crippen LogP contribution in [0.1, 0.15) is 39.3 Å². The maximum absolute atomic E-state index is 13.3. The van der Waals surface area contributed by atoms with Crippen molar-refractivity contribution in [2.24, 2.45) is 0 Å². The molecule has 0 aliphatic carbocycles. The molecule has 2 aromatic heterocycles. The van der Waals surface area contributed by atoms with E-state index < -0.39 is 11.7 Å². The SMILES string of the molecule is CC(C)(C)OC(=O)NCCCCc1[nH]c(-c2ccccc2)c2c(=O)c3ccccc3oc12. The molecule has 1 amide bonds. The van der Waals surface area contributed by atoms with E-state index in [4.69, 9.17) is 9.15 Å². The van der Waals surface area contributed by atoms with Crippen molar-refractivity contribution in [3.8, 4) is 11.3 Å². The van der Waals surface area contributed by atoms with Gasteiger partial charge in [-0.2, -0.15) is 0 Å². The van der Waals surface area contributed by atoms with Gasteiger partial charge < -0.3 is 19.5 Å². The van der Waals surface area contributed by atoms with Gasteiger partial charge in [0, 0.05) is 6.54 Å². The summed E-state index contributed by atoms with van der Waals surface area (Å²) in [6, 6.07) is 17.1. The lowest BCUT2D eigenvalue weighted by atomic mass is 10.1. The first kappa shape index (κ1) is 21.7. The number of aryl methyl sites for hydroxylation is 1. The minimum Gasteiger partial charge on any atom is -0.454 e. The van der Waals surface area contributed by atoms with Crippen molar-refractivity contribution in [3.63, 3.8) is 0 Å². The Morgan fingerprint density at radius 2 is 1.75 bits per heavy atom. The number of aromatic amines is 1. The Balaban J connectivity index is 1.58. The summed E-state index contributed by atoms with van der Waals surface area (Å²) >= 11 is 0. The van der Waals surface area contributed by atoms with Gasteiger partial charge in [0.05, 0.1) is 22.2 Å². The fraction of sp³-hybridized carbons (Fsp3) is 0.308. The molecule has 32 heavy (non-hydrogen) atoms. The van der Waals surface area contributed by atoms with Crippen molar-refractivity contribution in [3.05, 3.63) is 70.5 Å². The maximum Gasteiger partial charge on any atom is 0.407 e. The van der Waals surface area contributed by atoms with Crippen LogP contribution in [0.25, 0.3) is 33.2 Å². The highest BCUT2D eigenvalue weighted by Crippen LogP contribution is 2.31. The quantitative estimate of drug-likeness (QED) is 0.378. The van der Waals surface area contributed by atoms with Gasteiger partial charge in [-0.25, -0.2) is 4.79 Å². The third kappa shape index (κ3) is 4.69. The number of para-hydroxylation sites is 1. The van der Waals surface area contributed by atoms with Crippen LogP contribution in [0.2, 0.25) is 0 Å². The van der Waals surface area contributed by atoms with Crippen LogP contribution in [0.3, 0.4) is 0 Å². The summed E-state index contributed by atoms with van der Waals surface area (Å²) in [6.07, 6.45) is 1.88. The van der Waals surface area contributed by atoms with Gasteiger partial charge in [0.1, 0.15) is 11.2 Å². The summed E-state index contributed by atoms with van der Waals surface area (Å²) in [5.41, 5.74) is 3.25. The molecule has 6 heteroatoms. The smallest absolute Gasteiger partial charge is 0.407 e. The minimum absolute atomic E-state index is 0.0326. The molecule has 2 heterocycles. The van der Waals surface area contributed by atoms with Crippen molar-refractivity contribution >= 4 is 28.0 Å². The zero-order valence-electron chi connectivity index (χ0n) is 18.7. The Morgan fingerprint density at radius 3 is 2.50 bits per heavy atom. The third-order valence-corrected chi connectivity index (χ3v) is 5.18. The van der Waals surface area contributed by atoms with Crippen LogP contribution in [0.15, 0.2) is 63.8 Å². The molecule has 0 aliphatic rings. The van der Waals surface area contributed by atoms with Gasteiger partial charge in [0.25, 0.3) is 0 Å². The molecular weight excluding hydrogens is 404 g/mol. The number of unbranched alkanes of at least 4 members (excludes halogenated alkanes) is 1. The molecule has 0 atom stereocenters. The largest absolute Gasteiger partial charge is 0.454 e. The fourth-order valence-corrected chi connectivity index (χ4v) is 3.78. The number of amides is 1. The lowest BCUT2D eigenvalue weighted by molar-refractivity contribution is 0.0527. The summed E-state index contributed by atoms with van der Waals surface area (Å²) in [5, 5.41) is 3.94. The molecule has 6 nitrogen and oxygen atoms in total. The third-order valence-electron chi connectivity index (χ3n) is 5.18. The Hall–Kier alpha value is -3.54. The Kier molecular flexibility index (Phi) is 6.04. The van der Waals surface area contributed by atoms with Gasteiger partial charge in [-0.1, -0.05) is 42.5 Å². The number of hydrogen-bond acceptors (Lipinski definition) is 4. The summed E-state index contributed by atoms with van der Waals surface area (Å²) in [5.74, 6) is 0. The Bertz CT molecular complexity index is 1300. The molecule has 0 radical (unpaired) electrons. The summed E-state index contributed by atoms with van der Waals surface area (Å²) in [4.78, 5) is 28.6. The number of nitrogens with one attached hydrogen (secondary N) is 2. The number of benzene rings is 2. The maximum atomic E-state index is 13.3. The second-order valence-electron chi connectivity index (χ2n) is 8.86. The van der Waals surface area contributed by atoms with Gasteiger partial charge in [-0.15, -0.1) is 0 Å². The van der Waals surface area contributed by atoms with Gasteiger partial charge >= 0.3 is 6.09 Å². The molecule has 0 saturated carbocycles. The number of fused-ring (bicyclic) bond motifs is 2. The van der Waals surface area contributed by atoms with Crippen LogP contribution >= 0.6 is 0 Å². The molecule has 0 unspecified atom stereocenters. The highest BCUT2D eigenvalue weighted by atomic mass is 16.6. The molecule has 4 aromatic rings. The predicted octanol–water partition coefficient (Wildman–Crippen LogP) is 5.79. The topological polar surface area (TPSA) is 84.3 Å². The van der Waals surface area contributed by atoms with Crippen LogP contribution in [0.4, 0.5) is 4.79 Å². The highest BCUT2D eigenvalue weighted by Gasteiger charge is 2.19. The Labute approximate surface area is 186 Å². The second-order valence-corrected chi connectivity index (χ2v) is 8.86. The lowest BCUT2D eigenvalue weighted by Gasteiger charge is -2.19. The lowest BCUT2D eigenvalue weighted by Crippen LogP contribution is -2.33. The number of rotatable bonds is 6. The second kappa shape index (κ2) is 8.91. The van der Waals surface area contributed by atoms with E-state index in [2.05, 4.69) is 10.3 Å².